The van der Waals surface area contributed by atoms with Crippen molar-refractivity contribution in [3.8, 4) is 11.5 Å². The Balaban J connectivity index is 2.19. The van der Waals surface area contributed by atoms with Gasteiger partial charge in [-0.1, -0.05) is 35.9 Å². The van der Waals surface area contributed by atoms with Crippen LogP contribution in [-0.2, 0) is 10.0 Å². The lowest BCUT2D eigenvalue weighted by Gasteiger charge is -2.31. The molecule has 7 heteroatoms. The number of benzene rings is 3. The Labute approximate surface area is 182 Å². The van der Waals surface area contributed by atoms with Gasteiger partial charge in [-0.25, -0.2) is 8.42 Å². The van der Waals surface area contributed by atoms with E-state index < -0.39 is 16.1 Å². The highest BCUT2D eigenvalue weighted by atomic mass is 35.5. The molecule has 0 fully saturated rings. The predicted octanol–water partition coefficient (Wildman–Crippen LogP) is 5.62. The van der Waals surface area contributed by atoms with E-state index in [1.165, 1.54) is 10.4 Å². The second-order valence-corrected chi connectivity index (χ2v) is 9.09. The van der Waals surface area contributed by atoms with Crippen molar-refractivity contribution in [2.24, 2.45) is 0 Å². The molecule has 0 spiro atoms. The third kappa shape index (κ3) is 4.40. The molecule has 0 bridgehead atoms. The Kier molecular flexibility index (Phi) is 6.58. The van der Waals surface area contributed by atoms with E-state index in [1.807, 2.05) is 38.1 Å². The second-order valence-electron chi connectivity index (χ2n) is 6.87. The molecule has 5 nitrogen and oxygen atoms in total. The van der Waals surface area contributed by atoms with E-state index in [0.717, 1.165) is 11.1 Å². The van der Waals surface area contributed by atoms with Gasteiger partial charge in [-0.2, -0.15) is 0 Å². The van der Waals surface area contributed by atoms with Gasteiger partial charge in [0.15, 0.2) is 0 Å². The monoisotopic (exact) mass is 445 g/mol. The zero-order valence-corrected chi connectivity index (χ0v) is 18.9. The van der Waals surface area contributed by atoms with Gasteiger partial charge in [0.1, 0.15) is 11.5 Å². The summed E-state index contributed by atoms with van der Waals surface area (Å²) in [5.41, 5.74) is 2.09. The van der Waals surface area contributed by atoms with Crippen LogP contribution in [0.4, 0.5) is 5.69 Å². The Morgan fingerprint density at radius 2 is 1.53 bits per heavy atom. The molecule has 0 N–H and O–H groups in total. The van der Waals surface area contributed by atoms with Gasteiger partial charge in [0.2, 0.25) is 0 Å². The van der Waals surface area contributed by atoms with E-state index in [9.17, 15) is 8.42 Å². The van der Waals surface area contributed by atoms with Gasteiger partial charge in [0.25, 0.3) is 10.0 Å². The molecule has 3 aromatic carbocycles. The molecule has 0 aromatic heterocycles. The summed E-state index contributed by atoms with van der Waals surface area (Å²) in [6.07, 6.45) is 0. The highest BCUT2D eigenvalue weighted by molar-refractivity contribution is 7.92. The number of sulfonamides is 1. The van der Waals surface area contributed by atoms with E-state index in [1.54, 1.807) is 50.6 Å². The summed E-state index contributed by atoms with van der Waals surface area (Å²) in [6.45, 7) is 3.67. The van der Waals surface area contributed by atoms with Gasteiger partial charge in [-0.05, 0) is 61.4 Å². The van der Waals surface area contributed by atoms with Crippen molar-refractivity contribution in [2.75, 3.05) is 18.5 Å². The molecule has 0 heterocycles. The zero-order valence-electron chi connectivity index (χ0n) is 17.3. The lowest BCUT2D eigenvalue weighted by Crippen LogP contribution is -2.33. The van der Waals surface area contributed by atoms with Crippen molar-refractivity contribution >= 4 is 27.3 Å². The number of methoxy groups -OCH3 is 2. The third-order valence-corrected chi connectivity index (χ3v) is 7.24. The van der Waals surface area contributed by atoms with Gasteiger partial charge in [0, 0.05) is 11.1 Å². The van der Waals surface area contributed by atoms with Crippen molar-refractivity contribution in [3.63, 3.8) is 0 Å². The van der Waals surface area contributed by atoms with Crippen LogP contribution in [0.3, 0.4) is 0 Å². The third-order valence-electron chi connectivity index (χ3n) is 4.94. The molecule has 1 atom stereocenters. The normalized spacial score (nSPS) is 12.3. The summed E-state index contributed by atoms with van der Waals surface area (Å²) in [4.78, 5) is 0.121. The summed E-state index contributed by atoms with van der Waals surface area (Å²) in [6, 6.07) is 18.6. The number of aryl methyl sites for hydroxylation is 1. The molecule has 0 aliphatic rings. The minimum atomic E-state index is -3.93. The minimum Gasteiger partial charge on any atom is -0.497 e. The Bertz CT molecular complexity index is 1150. The highest BCUT2D eigenvalue weighted by Crippen LogP contribution is 2.36. The molecule has 30 heavy (non-hydrogen) atoms. The van der Waals surface area contributed by atoms with Crippen LogP contribution < -0.4 is 13.8 Å². The maximum atomic E-state index is 13.8. The molecule has 0 amide bonds. The Morgan fingerprint density at radius 3 is 2.17 bits per heavy atom. The standard InChI is InChI=1S/C23H24ClNO4S/c1-16-11-12-22(15-23(16)24)30(26,27)25(19-8-6-10-21(14-19)29-4)17(2)18-7-5-9-20(13-18)28-3/h5-15,17H,1-4H3/t17-/m0/s1. The van der Waals surface area contributed by atoms with Crippen LogP contribution in [0.25, 0.3) is 0 Å². The molecule has 0 aliphatic heterocycles. The molecule has 0 saturated carbocycles. The largest absolute Gasteiger partial charge is 0.497 e. The van der Waals surface area contributed by atoms with Gasteiger partial charge in [-0.3, -0.25) is 4.31 Å². The summed E-state index contributed by atoms with van der Waals surface area (Å²) < 4.78 is 39.5. The SMILES string of the molecule is COc1cccc([C@H](C)N(c2cccc(OC)c2)S(=O)(=O)c2ccc(C)c(Cl)c2)c1. The number of halogens is 1. The fraction of sp³-hybridized carbons (Fsp3) is 0.217. The first-order chi connectivity index (χ1) is 14.3. The molecule has 158 valence electrons. The molecule has 0 radical (unpaired) electrons. The van der Waals surface area contributed by atoms with Crippen molar-refractivity contribution in [3.05, 3.63) is 82.9 Å². The summed E-state index contributed by atoms with van der Waals surface area (Å²) in [7, 11) is -0.810. The topological polar surface area (TPSA) is 55.8 Å². The molecule has 3 aromatic rings. The van der Waals surface area contributed by atoms with Crippen molar-refractivity contribution in [1.29, 1.82) is 0 Å². The first kappa shape index (κ1) is 22.0. The second kappa shape index (κ2) is 8.98. The first-order valence-electron chi connectivity index (χ1n) is 9.36. The summed E-state index contributed by atoms with van der Waals surface area (Å²) in [5.74, 6) is 1.22. The maximum absolute atomic E-state index is 13.8. The predicted molar refractivity (Wildman–Crippen MR) is 120 cm³/mol. The van der Waals surface area contributed by atoms with Gasteiger partial charge in [0.05, 0.1) is 30.8 Å². The Morgan fingerprint density at radius 1 is 0.900 bits per heavy atom. The van der Waals surface area contributed by atoms with Crippen LogP contribution in [0, 0.1) is 6.92 Å². The van der Waals surface area contributed by atoms with Crippen LogP contribution in [0.15, 0.2) is 71.6 Å². The molecule has 0 unspecified atom stereocenters. The summed E-state index contributed by atoms with van der Waals surface area (Å²) in [5, 5.41) is 0.399. The number of anilines is 1. The average Bonchev–Trinajstić information content (AvgIpc) is 2.75. The van der Waals surface area contributed by atoms with E-state index in [4.69, 9.17) is 21.1 Å². The Hall–Kier alpha value is -2.70. The quantitative estimate of drug-likeness (QED) is 0.473. The molecular formula is C23H24ClNO4S. The first-order valence-corrected chi connectivity index (χ1v) is 11.2. The molecule has 0 saturated heterocycles. The van der Waals surface area contributed by atoms with Gasteiger partial charge >= 0.3 is 0 Å². The highest BCUT2D eigenvalue weighted by Gasteiger charge is 2.31. The average molecular weight is 446 g/mol. The van der Waals surface area contributed by atoms with E-state index in [2.05, 4.69) is 0 Å². The number of rotatable bonds is 7. The lowest BCUT2D eigenvalue weighted by molar-refractivity contribution is 0.413. The lowest BCUT2D eigenvalue weighted by atomic mass is 10.1. The fourth-order valence-electron chi connectivity index (χ4n) is 3.20. The van der Waals surface area contributed by atoms with Crippen LogP contribution in [0.5, 0.6) is 11.5 Å². The van der Waals surface area contributed by atoms with Crippen LogP contribution in [-0.4, -0.2) is 22.6 Å². The fourth-order valence-corrected chi connectivity index (χ4v) is 5.11. The van der Waals surface area contributed by atoms with E-state index >= 15 is 0 Å². The minimum absolute atomic E-state index is 0.121. The van der Waals surface area contributed by atoms with Crippen molar-refractivity contribution in [2.45, 2.75) is 24.8 Å². The van der Waals surface area contributed by atoms with Crippen LogP contribution >= 0.6 is 11.6 Å². The number of hydrogen-bond donors (Lipinski definition) is 0. The molecular weight excluding hydrogens is 422 g/mol. The van der Waals surface area contributed by atoms with Crippen molar-refractivity contribution in [1.82, 2.24) is 0 Å². The summed E-state index contributed by atoms with van der Waals surface area (Å²) >= 11 is 6.23. The van der Waals surface area contributed by atoms with E-state index in [-0.39, 0.29) is 4.90 Å². The molecule has 0 aliphatic carbocycles. The number of nitrogens with zero attached hydrogens (tertiary/aromatic N) is 1. The number of hydrogen-bond acceptors (Lipinski definition) is 4. The molecule has 3 rings (SSSR count). The van der Waals surface area contributed by atoms with E-state index in [0.29, 0.717) is 22.2 Å². The van der Waals surface area contributed by atoms with Crippen LogP contribution in [0.2, 0.25) is 5.02 Å². The number of ether oxygens (including phenoxy) is 2. The van der Waals surface area contributed by atoms with Crippen molar-refractivity contribution < 1.29 is 17.9 Å². The zero-order chi connectivity index (χ0) is 21.9. The van der Waals surface area contributed by atoms with Gasteiger partial charge < -0.3 is 9.47 Å². The smallest absolute Gasteiger partial charge is 0.264 e. The van der Waals surface area contributed by atoms with Gasteiger partial charge in [-0.15, -0.1) is 0 Å². The van der Waals surface area contributed by atoms with Crippen LogP contribution in [0.1, 0.15) is 24.1 Å². The maximum Gasteiger partial charge on any atom is 0.264 e.